The molecule has 2 rings (SSSR count). The summed E-state index contributed by atoms with van der Waals surface area (Å²) in [5, 5.41) is 0.0210. The fourth-order valence-electron chi connectivity index (χ4n) is 1.50. The summed E-state index contributed by atoms with van der Waals surface area (Å²) in [5.41, 5.74) is 0.0843. The summed E-state index contributed by atoms with van der Waals surface area (Å²) in [6.07, 6.45) is 1.24. The van der Waals surface area contributed by atoms with Crippen molar-refractivity contribution in [2.45, 2.75) is 11.5 Å². The number of nitrogens with one attached hydrogen (secondary N) is 1. The third-order valence-corrected chi connectivity index (χ3v) is 3.91. The summed E-state index contributed by atoms with van der Waals surface area (Å²) < 4.78 is 54.9. The van der Waals surface area contributed by atoms with E-state index < -0.39 is 16.6 Å². The largest absolute Gasteiger partial charge is 0.435 e. The topological polar surface area (TPSA) is 68.3 Å². The maximum atomic E-state index is 12.1. The van der Waals surface area contributed by atoms with Crippen molar-refractivity contribution in [3.05, 3.63) is 47.7 Å². The molecule has 2 aromatic rings. The van der Waals surface area contributed by atoms with E-state index in [1.165, 1.54) is 36.5 Å². The Morgan fingerprint density at radius 2 is 2.00 bits per heavy atom. The molecule has 0 radical (unpaired) electrons. The summed E-state index contributed by atoms with van der Waals surface area (Å²) in [4.78, 5) is 3.58. The van der Waals surface area contributed by atoms with Crippen LogP contribution in [-0.2, 0) is 10.0 Å². The smallest absolute Gasteiger partial charge is 0.387 e. The molecule has 0 bridgehead atoms. The molecule has 112 valence electrons. The van der Waals surface area contributed by atoms with Crippen LogP contribution in [0.4, 0.5) is 14.5 Å². The summed E-state index contributed by atoms with van der Waals surface area (Å²) in [6.45, 7) is -2.99. The van der Waals surface area contributed by atoms with E-state index >= 15 is 0 Å². The maximum absolute atomic E-state index is 12.1. The Labute approximate surface area is 124 Å². The first-order valence-electron chi connectivity index (χ1n) is 5.56. The second kappa shape index (κ2) is 6.23. The van der Waals surface area contributed by atoms with Gasteiger partial charge in [-0.3, -0.25) is 4.72 Å². The number of ether oxygens (including phenoxy) is 1. The fraction of sp³-hybridized carbons (Fsp3) is 0.0833. The van der Waals surface area contributed by atoms with Crippen molar-refractivity contribution in [2.75, 3.05) is 4.72 Å². The lowest BCUT2D eigenvalue weighted by atomic mass is 10.3. The van der Waals surface area contributed by atoms with Gasteiger partial charge < -0.3 is 4.74 Å². The van der Waals surface area contributed by atoms with E-state index in [0.717, 1.165) is 6.07 Å². The number of hydrogen-bond donors (Lipinski definition) is 1. The lowest BCUT2D eigenvalue weighted by molar-refractivity contribution is -0.0497. The first kappa shape index (κ1) is 15.5. The molecular formula is C12H9ClF2N2O3S. The van der Waals surface area contributed by atoms with Gasteiger partial charge in [-0.05, 0) is 24.3 Å². The number of pyridine rings is 1. The molecule has 5 nitrogen and oxygen atoms in total. The Morgan fingerprint density at radius 3 is 2.67 bits per heavy atom. The van der Waals surface area contributed by atoms with Crippen molar-refractivity contribution in [1.29, 1.82) is 0 Å². The van der Waals surface area contributed by atoms with Gasteiger partial charge in [0.2, 0.25) is 0 Å². The molecule has 0 aliphatic carbocycles. The molecule has 0 fully saturated rings. The number of alkyl halides is 2. The third kappa shape index (κ3) is 4.27. The molecule has 0 spiro atoms. The molecule has 0 saturated heterocycles. The van der Waals surface area contributed by atoms with Gasteiger partial charge >= 0.3 is 6.61 Å². The minimum Gasteiger partial charge on any atom is -0.435 e. The average molecular weight is 335 g/mol. The molecule has 0 unspecified atom stereocenters. The van der Waals surface area contributed by atoms with E-state index in [4.69, 9.17) is 11.6 Å². The van der Waals surface area contributed by atoms with Crippen LogP contribution in [0.3, 0.4) is 0 Å². The predicted octanol–water partition coefficient (Wildman–Crippen LogP) is 3.14. The number of sulfonamides is 1. The van der Waals surface area contributed by atoms with E-state index in [-0.39, 0.29) is 21.5 Å². The number of benzene rings is 1. The van der Waals surface area contributed by atoms with Gasteiger partial charge in [0.1, 0.15) is 10.9 Å². The Hall–Kier alpha value is -1.93. The summed E-state index contributed by atoms with van der Waals surface area (Å²) in [7, 11) is -3.90. The van der Waals surface area contributed by atoms with Crippen LogP contribution in [0.2, 0.25) is 5.15 Å². The number of hydrogen-bond acceptors (Lipinski definition) is 4. The Balaban J connectivity index is 2.24. The highest BCUT2D eigenvalue weighted by Crippen LogP contribution is 2.22. The highest BCUT2D eigenvalue weighted by molar-refractivity contribution is 7.92. The average Bonchev–Trinajstić information content (AvgIpc) is 2.37. The zero-order valence-corrected chi connectivity index (χ0v) is 11.9. The second-order valence-electron chi connectivity index (χ2n) is 3.83. The fourth-order valence-corrected chi connectivity index (χ4v) is 2.80. The molecular weight excluding hydrogens is 326 g/mol. The summed E-state index contributed by atoms with van der Waals surface area (Å²) >= 11 is 5.63. The number of aromatic nitrogens is 1. The van der Waals surface area contributed by atoms with Crippen LogP contribution in [0, 0.1) is 0 Å². The highest BCUT2D eigenvalue weighted by atomic mass is 35.5. The van der Waals surface area contributed by atoms with Crippen LogP contribution >= 0.6 is 11.6 Å². The zero-order valence-electron chi connectivity index (χ0n) is 10.3. The molecule has 0 atom stereocenters. The first-order valence-corrected chi connectivity index (χ1v) is 7.42. The SMILES string of the molecule is O=S(=O)(Nc1cccc(OC(F)F)c1)c1ccnc(Cl)c1. The number of rotatable bonds is 5. The van der Waals surface area contributed by atoms with E-state index in [2.05, 4.69) is 14.4 Å². The molecule has 9 heteroatoms. The zero-order chi connectivity index (χ0) is 15.5. The molecule has 1 aromatic heterocycles. The maximum Gasteiger partial charge on any atom is 0.387 e. The van der Waals surface area contributed by atoms with Gasteiger partial charge in [-0.1, -0.05) is 17.7 Å². The van der Waals surface area contributed by atoms with Crippen LogP contribution in [0.1, 0.15) is 0 Å². The normalized spacial score (nSPS) is 11.4. The van der Waals surface area contributed by atoms with E-state index in [1.54, 1.807) is 0 Å². The van der Waals surface area contributed by atoms with Crippen LogP contribution in [0.15, 0.2) is 47.5 Å². The van der Waals surface area contributed by atoms with Gasteiger partial charge in [0.05, 0.1) is 10.6 Å². The third-order valence-electron chi connectivity index (χ3n) is 2.32. The Morgan fingerprint density at radius 1 is 1.24 bits per heavy atom. The van der Waals surface area contributed by atoms with Gasteiger partial charge in [-0.15, -0.1) is 0 Å². The van der Waals surface area contributed by atoms with Crippen molar-refractivity contribution in [1.82, 2.24) is 4.98 Å². The monoisotopic (exact) mass is 334 g/mol. The minimum atomic E-state index is -3.90. The lowest BCUT2D eigenvalue weighted by Gasteiger charge is -2.10. The van der Waals surface area contributed by atoms with Gasteiger partial charge in [-0.25, -0.2) is 13.4 Å². The van der Waals surface area contributed by atoms with E-state index in [9.17, 15) is 17.2 Å². The van der Waals surface area contributed by atoms with Crippen molar-refractivity contribution >= 4 is 27.3 Å². The van der Waals surface area contributed by atoms with Crippen LogP contribution in [-0.4, -0.2) is 20.0 Å². The Kier molecular flexibility index (Phi) is 4.59. The molecule has 1 aromatic carbocycles. The van der Waals surface area contributed by atoms with Crippen LogP contribution in [0.25, 0.3) is 0 Å². The van der Waals surface area contributed by atoms with E-state index in [1.807, 2.05) is 0 Å². The molecule has 0 saturated carbocycles. The van der Waals surface area contributed by atoms with E-state index in [0.29, 0.717) is 0 Å². The second-order valence-corrected chi connectivity index (χ2v) is 5.90. The Bertz CT molecular complexity index is 741. The van der Waals surface area contributed by atoms with Gasteiger partial charge in [0.15, 0.2) is 0 Å². The number of anilines is 1. The van der Waals surface area contributed by atoms with Gasteiger partial charge in [-0.2, -0.15) is 8.78 Å². The number of nitrogens with zero attached hydrogens (tertiary/aromatic N) is 1. The molecule has 0 amide bonds. The predicted molar refractivity (Wildman–Crippen MR) is 73.1 cm³/mol. The molecule has 1 heterocycles. The first-order chi connectivity index (χ1) is 9.87. The molecule has 0 aliphatic rings. The van der Waals surface area contributed by atoms with Crippen molar-refractivity contribution in [3.63, 3.8) is 0 Å². The van der Waals surface area contributed by atoms with Crippen LogP contribution < -0.4 is 9.46 Å². The van der Waals surface area contributed by atoms with Gasteiger partial charge in [0, 0.05) is 12.3 Å². The lowest BCUT2D eigenvalue weighted by Crippen LogP contribution is -2.13. The van der Waals surface area contributed by atoms with Crippen molar-refractivity contribution in [2.24, 2.45) is 0 Å². The van der Waals surface area contributed by atoms with Crippen molar-refractivity contribution in [3.8, 4) is 5.75 Å². The number of halogens is 3. The summed E-state index contributed by atoms with van der Waals surface area (Å²) in [6, 6.07) is 7.64. The highest BCUT2D eigenvalue weighted by Gasteiger charge is 2.15. The molecule has 21 heavy (non-hydrogen) atoms. The summed E-state index contributed by atoms with van der Waals surface area (Å²) in [5.74, 6) is -0.155. The van der Waals surface area contributed by atoms with Crippen LogP contribution in [0.5, 0.6) is 5.75 Å². The quantitative estimate of drug-likeness (QED) is 0.853. The standard InChI is InChI=1S/C12H9ClF2N2O3S/c13-11-7-10(4-5-16-11)21(18,19)17-8-2-1-3-9(6-8)20-12(14)15/h1-7,12,17H. The minimum absolute atomic E-state index is 0.0210. The molecule has 0 aliphatic heterocycles. The van der Waals surface area contributed by atoms with Crippen molar-refractivity contribution < 1.29 is 21.9 Å². The van der Waals surface area contributed by atoms with Gasteiger partial charge in [0.25, 0.3) is 10.0 Å². The molecule has 1 N–H and O–H groups in total.